The van der Waals surface area contributed by atoms with Gasteiger partial charge in [-0.2, -0.15) is 0 Å². The zero-order chi connectivity index (χ0) is 20.7. The average Bonchev–Trinajstić information content (AvgIpc) is 2.75. The van der Waals surface area contributed by atoms with Crippen LogP contribution in [0.15, 0.2) is 97.1 Å². The first-order valence-electron chi connectivity index (χ1n) is 10.5. The summed E-state index contributed by atoms with van der Waals surface area (Å²) in [6.45, 7) is 6.49. The zero-order valence-electron chi connectivity index (χ0n) is 17.7. The third kappa shape index (κ3) is 3.23. The minimum absolute atomic E-state index is 1.17. The van der Waals surface area contributed by atoms with E-state index in [0.29, 0.717) is 0 Å². The van der Waals surface area contributed by atoms with Crippen LogP contribution in [0.5, 0.6) is 0 Å². The fourth-order valence-electron chi connectivity index (χ4n) is 4.40. The molecule has 0 aliphatic carbocycles. The van der Waals surface area contributed by atoms with Gasteiger partial charge in [-0.15, -0.1) is 0 Å². The van der Waals surface area contributed by atoms with Gasteiger partial charge >= 0.3 is 0 Å². The Balaban J connectivity index is 1.79. The standard InChI is InChI=1S/C29H25N/c1-20-8-6-10-24(16-20)30(25-11-7-9-21(2)17-25)26-15-14-23-18-22(3)27-12-4-5-13-28(27)29(23)19-26/h4-19H,1-3H3. The van der Waals surface area contributed by atoms with Gasteiger partial charge in [0, 0.05) is 17.1 Å². The third-order valence-corrected chi connectivity index (χ3v) is 5.83. The number of aryl methyl sites for hydroxylation is 3. The Hall–Kier alpha value is -3.58. The van der Waals surface area contributed by atoms with Crippen molar-refractivity contribution in [3.05, 3.63) is 114 Å². The van der Waals surface area contributed by atoms with Crippen molar-refractivity contribution < 1.29 is 0 Å². The van der Waals surface area contributed by atoms with Gasteiger partial charge in [0.1, 0.15) is 0 Å². The lowest BCUT2D eigenvalue weighted by molar-refractivity contribution is 1.26. The SMILES string of the molecule is Cc1cccc(N(c2cccc(C)c2)c2ccc3cc(C)c4ccccc4c3c2)c1. The van der Waals surface area contributed by atoms with E-state index in [1.807, 2.05) is 0 Å². The Bertz CT molecular complexity index is 1330. The maximum atomic E-state index is 2.36. The fraction of sp³-hybridized carbons (Fsp3) is 0.103. The molecule has 0 atom stereocenters. The van der Waals surface area contributed by atoms with Crippen LogP contribution in [-0.4, -0.2) is 0 Å². The minimum Gasteiger partial charge on any atom is -0.310 e. The van der Waals surface area contributed by atoms with Gasteiger partial charge in [0.15, 0.2) is 0 Å². The van der Waals surface area contributed by atoms with Crippen molar-refractivity contribution in [2.75, 3.05) is 4.90 Å². The summed E-state index contributed by atoms with van der Waals surface area (Å²) in [5.41, 5.74) is 7.36. The van der Waals surface area contributed by atoms with Gasteiger partial charge in [-0.1, -0.05) is 60.7 Å². The number of rotatable bonds is 3. The smallest absolute Gasteiger partial charge is 0.0468 e. The molecule has 0 saturated carbocycles. The zero-order valence-corrected chi connectivity index (χ0v) is 17.7. The molecule has 5 aromatic carbocycles. The fourth-order valence-corrected chi connectivity index (χ4v) is 4.40. The molecule has 0 bridgehead atoms. The number of hydrogen-bond donors (Lipinski definition) is 0. The summed E-state index contributed by atoms with van der Waals surface area (Å²) in [5.74, 6) is 0. The second-order valence-electron chi connectivity index (χ2n) is 8.16. The highest BCUT2D eigenvalue weighted by molar-refractivity contribution is 6.10. The molecule has 0 fully saturated rings. The molecule has 1 nitrogen and oxygen atoms in total. The number of fused-ring (bicyclic) bond motifs is 3. The highest BCUT2D eigenvalue weighted by atomic mass is 15.1. The first-order chi connectivity index (χ1) is 14.6. The Kier molecular flexibility index (Phi) is 4.52. The third-order valence-electron chi connectivity index (χ3n) is 5.83. The summed E-state index contributed by atoms with van der Waals surface area (Å²) in [4.78, 5) is 2.36. The van der Waals surface area contributed by atoms with E-state index in [0.717, 1.165) is 0 Å². The van der Waals surface area contributed by atoms with E-state index in [9.17, 15) is 0 Å². The molecule has 5 rings (SSSR count). The average molecular weight is 388 g/mol. The van der Waals surface area contributed by atoms with Crippen LogP contribution in [0.3, 0.4) is 0 Å². The molecular weight excluding hydrogens is 362 g/mol. The van der Waals surface area contributed by atoms with Crippen LogP contribution in [0.4, 0.5) is 17.1 Å². The Labute approximate surface area is 178 Å². The summed E-state index contributed by atoms with van der Waals surface area (Å²) in [6, 6.07) is 35.3. The highest BCUT2D eigenvalue weighted by Gasteiger charge is 2.14. The van der Waals surface area contributed by atoms with Gasteiger partial charge in [-0.05, 0) is 95.4 Å². The monoisotopic (exact) mass is 387 g/mol. The van der Waals surface area contributed by atoms with Crippen molar-refractivity contribution in [2.24, 2.45) is 0 Å². The lowest BCUT2D eigenvalue weighted by atomic mass is 9.97. The van der Waals surface area contributed by atoms with E-state index in [-0.39, 0.29) is 0 Å². The van der Waals surface area contributed by atoms with Gasteiger partial charge in [0.05, 0.1) is 0 Å². The molecule has 0 aliphatic rings. The second-order valence-corrected chi connectivity index (χ2v) is 8.16. The molecule has 30 heavy (non-hydrogen) atoms. The largest absolute Gasteiger partial charge is 0.310 e. The lowest BCUT2D eigenvalue weighted by Crippen LogP contribution is -2.10. The van der Waals surface area contributed by atoms with Crippen LogP contribution in [-0.2, 0) is 0 Å². The van der Waals surface area contributed by atoms with Crippen LogP contribution in [0.2, 0.25) is 0 Å². The van der Waals surface area contributed by atoms with Gasteiger partial charge < -0.3 is 4.90 Å². The Morgan fingerprint density at radius 3 is 1.70 bits per heavy atom. The van der Waals surface area contributed by atoms with Crippen LogP contribution in [0.25, 0.3) is 21.5 Å². The molecule has 0 aliphatic heterocycles. The van der Waals surface area contributed by atoms with Crippen LogP contribution in [0.1, 0.15) is 16.7 Å². The van der Waals surface area contributed by atoms with Crippen molar-refractivity contribution >= 4 is 38.6 Å². The number of hydrogen-bond acceptors (Lipinski definition) is 1. The van der Waals surface area contributed by atoms with Crippen molar-refractivity contribution in [2.45, 2.75) is 20.8 Å². The quantitative estimate of drug-likeness (QED) is 0.281. The predicted molar refractivity (Wildman–Crippen MR) is 130 cm³/mol. The minimum atomic E-state index is 1.17. The summed E-state index contributed by atoms with van der Waals surface area (Å²) >= 11 is 0. The molecule has 0 amide bonds. The topological polar surface area (TPSA) is 3.24 Å². The molecule has 146 valence electrons. The maximum Gasteiger partial charge on any atom is 0.0468 e. The van der Waals surface area contributed by atoms with E-state index < -0.39 is 0 Å². The van der Waals surface area contributed by atoms with Crippen molar-refractivity contribution in [1.29, 1.82) is 0 Å². The predicted octanol–water partition coefficient (Wildman–Crippen LogP) is 8.39. The van der Waals surface area contributed by atoms with E-state index in [1.165, 1.54) is 55.3 Å². The van der Waals surface area contributed by atoms with Crippen LogP contribution >= 0.6 is 0 Å². The Morgan fingerprint density at radius 2 is 1.07 bits per heavy atom. The second kappa shape index (κ2) is 7.35. The van der Waals surface area contributed by atoms with Crippen LogP contribution in [0, 0.1) is 20.8 Å². The molecular formula is C29H25N. The van der Waals surface area contributed by atoms with E-state index >= 15 is 0 Å². The maximum absolute atomic E-state index is 2.36. The summed E-state index contributed by atoms with van der Waals surface area (Å²) < 4.78 is 0. The van der Waals surface area contributed by atoms with E-state index in [2.05, 4.69) is 123 Å². The highest BCUT2D eigenvalue weighted by Crippen LogP contribution is 2.38. The number of nitrogens with zero attached hydrogens (tertiary/aromatic N) is 1. The molecule has 0 unspecified atom stereocenters. The molecule has 0 aromatic heterocycles. The molecule has 5 aromatic rings. The lowest BCUT2D eigenvalue weighted by Gasteiger charge is -2.26. The van der Waals surface area contributed by atoms with Crippen molar-refractivity contribution in [3.63, 3.8) is 0 Å². The first-order valence-corrected chi connectivity index (χ1v) is 10.5. The normalized spacial score (nSPS) is 11.2. The van der Waals surface area contributed by atoms with Gasteiger partial charge in [-0.3, -0.25) is 0 Å². The van der Waals surface area contributed by atoms with Crippen molar-refractivity contribution in [1.82, 2.24) is 0 Å². The van der Waals surface area contributed by atoms with Gasteiger partial charge in [-0.25, -0.2) is 0 Å². The number of anilines is 3. The number of benzene rings is 5. The van der Waals surface area contributed by atoms with E-state index in [4.69, 9.17) is 0 Å². The van der Waals surface area contributed by atoms with Crippen LogP contribution < -0.4 is 4.90 Å². The Morgan fingerprint density at radius 1 is 0.467 bits per heavy atom. The van der Waals surface area contributed by atoms with Gasteiger partial charge in [0.2, 0.25) is 0 Å². The van der Waals surface area contributed by atoms with E-state index in [1.54, 1.807) is 0 Å². The molecule has 1 heteroatoms. The van der Waals surface area contributed by atoms with Gasteiger partial charge in [0.25, 0.3) is 0 Å². The molecule has 0 heterocycles. The molecule has 0 N–H and O–H groups in total. The molecule has 0 radical (unpaired) electrons. The molecule has 0 spiro atoms. The summed E-state index contributed by atoms with van der Waals surface area (Å²) in [7, 11) is 0. The summed E-state index contributed by atoms with van der Waals surface area (Å²) in [6.07, 6.45) is 0. The first kappa shape index (κ1) is 18.4. The van der Waals surface area contributed by atoms with Crippen molar-refractivity contribution in [3.8, 4) is 0 Å². The summed E-state index contributed by atoms with van der Waals surface area (Å²) in [5, 5.41) is 5.20. The molecule has 0 saturated heterocycles.